The lowest BCUT2D eigenvalue weighted by Crippen LogP contribution is -2.38. The molecule has 0 spiro atoms. The minimum Gasteiger partial charge on any atom is -0.480 e. The molecule has 0 aliphatic heterocycles. The van der Waals surface area contributed by atoms with Gasteiger partial charge in [-0.25, -0.2) is 0 Å². The highest BCUT2D eigenvalue weighted by Gasteiger charge is 2.21. The molecule has 10 heavy (non-hydrogen) atoms. The minimum absolute atomic E-state index is 0.0394. The zero-order valence-electron chi connectivity index (χ0n) is 6.66. The van der Waals surface area contributed by atoms with Crippen molar-refractivity contribution in [2.45, 2.75) is 26.8 Å². The van der Waals surface area contributed by atoms with Crippen molar-refractivity contribution in [1.29, 1.82) is 0 Å². The van der Waals surface area contributed by atoms with Gasteiger partial charge in [-0.15, -0.1) is 0 Å². The molecule has 0 aromatic heterocycles. The molecule has 0 radical (unpaired) electrons. The monoisotopic (exact) mass is 145 g/mol. The number of carbonyl (C=O) groups is 1. The van der Waals surface area contributed by atoms with Gasteiger partial charge in [-0.05, 0) is 11.8 Å². The summed E-state index contributed by atoms with van der Waals surface area (Å²) in [6, 6.07) is -0.722. The number of carboxylic acid groups (broad SMARTS) is 1. The first-order valence-electron chi connectivity index (χ1n) is 3.45. The van der Waals surface area contributed by atoms with Crippen LogP contribution < -0.4 is 5.73 Å². The molecule has 0 unspecified atom stereocenters. The van der Waals surface area contributed by atoms with Crippen LogP contribution in [-0.4, -0.2) is 17.1 Å². The lowest BCUT2D eigenvalue weighted by molar-refractivity contribution is -0.140. The van der Waals surface area contributed by atoms with Gasteiger partial charge in [0.1, 0.15) is 6.04 Å². The number of aliphatic carboxylic acids is 1. The molecule has 3 N–H and O–H groups in total. The zero-order chi connectivity index (χ0) is 8.31. The summed E-state index contributed by atoms with van der Waals surface area (Å²) in [4.78, 5) is 10.3. The quantitative estimate of drug-likeness (QED) is 0.614. The van der Waals surface area contributed by atoms with E-state index < -0.39 is 12.0 Å². The number of nitrogens with two attached hydrogens (primary N) is 1. The summed E-state index contributed by atoms with van der Waals surface area (Å²) in [5.74, 6) is -0.551. The summed E-state index contributed by atoms with van der Waals surface area (Å²) in [7, 11) is 0. The maximum Gasteiger partial charge on any atom is 0.320 e. The second-order valence-electron chi connectivity index (χ2n) is 2.97. The third kappa shape index (κ3) is 2.35. The van der Waals surface area contributed by atoms with Crippen LogP contribution in [0.5, 0.6) is 0 Å². The Morgan fingerprint density at radius 3 is 1.90 bits per heavy atom. The SMILES string of the molecule is CC(C)[C@@H](C)[C@H](N)C(=O)O. The fraction of sp³-hybridized carbons (Fsp3) is 0.857. The van der Waals surface area contributed by atoms with E-state index in [1.54, 1.807) is 0 Å². The third-order valence-electron chi connectivity index (χ3n) is 1.90. The molecule has 0 bridgehead atoms. The van der Waals surface area contributed by atoms with Gasteiger partial charge >= 0.3 is 5.97 Å². The van der Waals surface area contributed by atoms with Crippen LogP contribution in [0.2, 0.25) is 0 Å². The van der Waals surface area contributed by atoms with Crippen molar-refractivity contribution in [2.75, 3.05) is 0 Å². The summed E-state index contributed by atoms with van der Waals surface area (Å²) in [6.07, 6.45) is 0. The molecule has 0 aliphatic carbocycles. The van der Waals surface area contributed by atoms with E-state index in [4.69, 9.17) is 10.8 Å². The van der Waals surface area contributed by atoms with Crippen molar-refractivity contribution in [1.82, 2.24) is 0 Å². The van der Waals surface area contributed by atoms with Crippen LogP contribution >= 0.6 is 0 Å². The van der Waals surface area contributed by atoms with Gasteiger partial charge in [0, 0.05) is 0 Å². The molecular formula is C7H15NO2. The maximum absolute atomic E-state index is 10.3. The van der Waals surface area contributed by atoms with E-state index in [0.717, 1.165) is 0 Å². The molecule has 0 saturated heterocycles. The normalized spacial score (nSPS) is 16.9. The van der Waals surface area contributed by atoms with Crippen molar-refractivity contribution >= 4 is 5.97 Å². The molecule has 3 heteroatoms. The zero-order valence-corrected chi connectivity index (χ0v) is 6.66. The van der Waals surface area contributed by atoms with E-state index in [0.29, 0.717) is 5.92 Å². The molecule has 0 fully saturated rings. The Labute approximate surface area is 61.2 Å². The van der Waals surface area contributed by atoms with E-state index in [2.05, 4.69) is 0 Å². The van der Waals surface area contributed by atoms with Crippen LogP contribution in [-0.2, 0) is 4.79 Å². The Kier molecular flexibility index (Phi) is 3.36. The summed E-state index contributed by atoms with van der Waals surface area (Å²) >= 11 is 0. The average Bonchev–Trinajstić information content (AvgIpc) is 1.84. The maximum atomic E-state index is 10.3. The fourth-order valence-corrected chi connectivity index (χ4v) is 0.640. The standard InChI is InChI=1S/C7H15NO2/c1-4(2)5(3)6(8)7(9)10/h4-6H,8H2,1-3H3,(H,9,10)/t5-,6+/m1/s1. The molecule has 0 aliphatic rings. The molecule has 3 nitrogen and oxygen atoms in total. The van der Waals surface area contributed by atoms with E-state index in [1.165, 1.54) is 0 Å². The van der Waals surface area contributed by atoms with Crippen molar-refractivity contribution < 1.29 is 9.90 Å². The molecule has 0 aromatic carbocycles. The van der Waals surface area contributed by atoms with Gasteiger partial charge in [0.2, 0.25) is 0 Å². The number of rotatable bonds is 3. The van der Waals surface area contributed by atoms with Gasteiger partial charge < -0.3 is 10.8 Å². The van der Waals surface area contributed by atoms with Crippen LogP contribution in [0.4, 0.5) is 0 Å². The highest BCUT2D eigenvalue weighted by molar-refractivity contribution is 5.73. The molecular weight excluding hydrogens is 130 g/mol. The number of carboxylic acids is 1. The molecule has 0 rings (SSSR count). The first-order valence-corrected chi connectivity index (χ1v) is 3.45. The molecule has 60 valence electrons. The Morgan fingerprint density at radius 2 is 1.80 bits per heavy atom. The average molecular weight is 145 g/mol. The van der Waals surface area contributed by atoms with E-state index >= 15 is 0 Å². The van der Waals surface area contributed by atoms with Gasteiger partial charge in [0.25, 0.3) is 0 Å². The minimum atomic E-state index is -0.916. The van der Waals surface area contributed by atoms with Crippen LogP contribution in [0.3, 0.4) is 0 Å². The third-order valence-corrected chi connectivity index (χ3v) is 1.90. The van der Waals surface area contributed by atoms with Crippen molar-refractivity contribution in [3.05, 3.63) is 0 Å². The topological polar surface area (TPSA) is 63.3 Å². The highest BCUT2D eigenvalue weighted by Crippen LogP contribution is 2.12. The summed E-state index contributed by atoms with van der Waals surface area (Å²) in [5.41, 5.74) is 5.36. The van der Waals surface area contributed by atoms with Crippen molar-refractivity contribution in [3.63, 3.8) is 0 Å². The second kappa shape index (κ2) is 3.56. The van der Waals surface area contributed by atoms with Crippen LogP contribution in [0.1, 0.15) is 20.8 Å². The molecule has 0 amide bonds. The van der Waals surface area contributed by atoms with Crippen molar-refractivity contribution in [3.8, 4) is 0 Å². The second-order valence-corrected chi connectivity index (χ2v) is 2.97. The lowest BCUT2D eigenvalue weighted by Gasteiger charge is -2.18. The van der Waals surface area contributed by atoms with Gasteiger partial charge in [-0.1, -0.05) is 20.8 Å². The summed E-state index contributed by atoms with van der Waals surface area (Å²) in [5, 5.41) is 8.48. The number of hydrogen-bond acceptors (Lipinski definition) is 2. The van der Waals surface area contributed by atoms with Crippen LogP contribution in [0.25, 0.3) is 0 Å². The predicted molar refractivity (Wildman–Crippen MR) is 39.6 cm³/mol. The van der Waals surface area contributed by atoms with Crippen LogP contribution in [0.15, 0.2) is 0 Å². The number of hydrogen-bond donors (Lipinski definition) is 2. The van der Waals surface area contributed by atoms with Gasteiger partial charge in [-0.3, -0.25) is 4.79 Å². The first-order chi connectivity index (χ1) is 4.46. The Bertz CT molecular complexity index is 123. The predicted octanol–water partition coefficient (Wildman–Crippen LogP) is 0.690. The van der Waals surface area contributed by atoms with Gasteiger partial charge in [0.05, 0.1) is 0 Å². The Hall–Kier alpha value is -0.570. The molecule has 0 aromatic rings. The molecule has 0 heterocycles. The lowest BCUT2D eigenvalue weighted by atomic mass is 9.91. The Morgan fingerprint density at radius 1 is 1.40 bits per heavy atom. The Balaban J connectivity index is 3.94. The largest absolute Gasteiger partial charge is 0.480 e. The fourth-order valence-electron chi connectivity index (χ4n) is 0.640. The van der Waals surface area contributed by atoms with Gasteiger partial charge in [0.15, 0.2) is 0 Å². The van der Waals surface area contributed by atoms with Crippen molar-refractivity contribution in [2.24, 2.45) is 17.6 Å². The van der Waals surface area contributed by atoms with Gasteiger partial charge in [-0.2, -0.15) is 0 Å². The van der Waals surface area contributed by atoms with E-state index in [-0.39, 0.29) is 5.92 Å². The smallest absolute Gasteiger partial charge is 0.320 e. The van der Waals surface area contributed by atoms with Crippen LogP contribution in [0, 0.1) is 11.8 Å². The molecule has 0 saturated carbocycles. The van der Waals surface area contributed by atoms with E-state index in [9.17, 15) is 4.79 Å². The molecule has 2 atom stereocenters. The first kappa shape index (κ1) is 9.43. The highest BCUT2D eigenvalue weighted by atomic mass is 16.4. The summed E-state index contributed by atoms with van der Waals surface area (Å²) in [6.45, 7) is 5.78. The summed E-state index contributed by atoms with van der Waals surface area (Å²) < 4.78 is 0. The van der Waals surface area contributed by atoms with E-state index in [1.807, 2.05) is 20.8 Å².